The number of sulfonamides is 1. The molecule has 0 spiro atoms. The quantitative estimate of drug-likeness (QED) is 0.582. The van der Waals surface area contributed by atoms with Gasteiger partial charge in [-0.05, 0) is 37.1 Å². The summed E-state index contributed by atoms with van der Waals surface area (Å²) in [7, 11) is -1.61. The van der Waals surface area contributed by atoms with Crippen LogP contribution in [-0.2, 0) is 28.3 Å². The number of imidazole rings is 1. The summed E-state index contributed by atoms with van der Waals surface area (Å²) < 4.78 is 35.3. The Balaban J connectivity index is 1.28. The minimum absolute atomic E-state index is 0.0397. The fourth-order valence-corrected chi connectivity index (χ4v) is 6.39. The van der Waals surface area contributed by atoms with E-state index in [0.717, 1.165) is 48.3 Å². The number of carbonyl (C=O) groups is 1. The van der Waals surface area contributed by atoms with Crippen molar-refractivity contribution in [1.29, 1.82) is 0 Å². The Labute approximate surface area is 200 Å². The van der Waals surface area contributed by atoms with Crippen LogP contribution in [0, 0.1) is 0 Å². The molecule has 1 N–H and O–H groups in total. The normalized spacial score (nSPS) is 18.9. The van der Waals surface area contributed by atoms with Crippen molar-refractivity contribution in [3.8, 4) is 5.75 Å². The Kier molecular flexibility index (Phi) is 6.31. The largest absolute Gasteiger partial charge is 0.493 e. The highest BCUT2D eigenvalue weighted by Gasteiger charge is 2.27. The van der Waals surface area contributed by atoms with Crippen molar-refractivity contribution in [2.24, 2.45) is 7.05 Å². The van der Waals surface area contributed by atoms with Crippen molar-refractivity contribution in [3.05, 3.63) is 53.9 Å². The molecular formula is C25H30N4O4S. The topological polar surface area (TPSA) is 93.5 Å². The maximum atomic E-state index is 13.0. The smallest absolute Gasteiger partial charge is 0.243 e. The number of ether oxygens (including phenoxy) is 1. The van der Waals surface area contributed by atoms with Crippen molar-refractivity contribution in [1.82, 2.24) is 19.2 Å². The molecule has 0 saturated carbocycles. The molecule has 2 aliphatic rings. The Morgan fingerprint density at radius 1 is 1.15 bits per heavy atom. The van der Waals surface area contributed by atoms with Gasteiger partial charge in [0.2, 0.25) is 15.9 Å². The molecule has 9 heteroatoms. The number of amides is 1. The first-order valence-electron chi connectivity index (χ1n) is 11.9. The monoisotopic (exact) mass is 482 g/mol. The highest BCUT2D eigenvalue weighted by Crippen LogP contribution is 2.31. The summed E-state index contributed by atoms with van der Waals surface area (Å²) in [6.45, 7) is 1.72. The van der Waals surface area contributed by atoms with Crippen LogP contribution in [-0.4, -0.2) is 47.9 Å². The third-order valence-corrected chi connectivity index (χ3v) is 8.66. The average Bonchev–Trinajstić information content (AvgIpc) is 3.18. The summed E-state index contributed by atoms with van der Waals surface area (Å²) in [4.78, 5) is 17.7. The van der Waals surface area contributed by atoms with E-state index in [2.05, 4.69) is 10.3 Å². The zero-order valence-electron chi connectivity index (χ0n) is 19.4. The lowest BCUT2D eigenvalue weighted by atomic mass is 10.0. The molecule has 0 aliphatic carbocycles. The lowest BCUT2D eigenvalue weighted by molar-refractivity contribution is -0.122. The molecule has 1 saturated heterocycles. The van der Waals surface area contributed by atoms with E-state index in [-0.39, 0.29) is 16.8 Å². The number of para-hydroxylation sites is 1. The molecule has 180 valence electrons. The van der Waals surface area contributed by atoms with Crippen molar-refractivity contribution in [2.75, 3.05) is 19.7 Å². The maximum absolute atomic E-state index is 13.0. The molecule has 2 aromatic carbocycles. The van der Waals surface area contributed by atoms with E-state index in [1.807, 2.05) is 41.9 Å². The summed E-state index contributed by atoms with van der Waals surface area (Å²) in [6.07, 6.45) is 4.38. The molecule has 1 aromatic heterocycles. The number of carbonyl (C=O) groups excluding carboxylic acids is 1. The predicted octanol–water partition coefficient (Wildman–Crippen LogP) is 3.32. The van der Waals surface area contributed by atoms with Gasteiger partial charge in [-0.1, -0.05) is 24.6 Å². The number of rotatable bonds is 6. The summed E-state index contributed by atoms with van der Waals surface area (Å²) in [5.41, 5.74) is 2.49. The van der Waals surface area contributed by atoms with Crippen LogP contribution in [0.2, 0.25) is 0 Å². The first kappa shape index (κ1) is 22.9. The van der Waals surface area contributed by atoms with Crippen molar-refractivity contribution in [3.63, 3.8) is 0 Å². The number of fused-ring (bicyclic) bond motifs is 2. The Bertz CT molecular complexity index is 1310. The molecule has 3 aromatic rings. The number of hydrogen-bond acceptors (Lipinski definition) is 5. The van der Waals surface area contributed by atoms with Gasteiger partial charge in [-0.15, -0.1) is 0 Å². The van der Waals surface area contributed by atoms with E-state index < -0.39 is 10.0 Å². The predicted molar refractivity (Wildman–Crippen MR) is 129 cm³/mol. The van der Waals surface area contributed by atoms with Gasteiger partial charge < -0.3 is 14.6 Å². The van der Waals surface area contributed by atoms with E-state index >= 15 is 0 Å². The number of piperidine rings is 1. The molecule has 1 atom stereocenters. The Morgan fingerprint density at radius 3 is 2.76 bits per heavy atom. The van der Waals surface area contributed by atoms with Crippen LogP contribution >= 0.6 is 0 Å². The summed E-state index contributed by atoms with van der Waals surface area (Å²) >= 11 is 0. The van der Waals surface area contributed by atoms with Gasteiger partial charge in [0.05, 0.1) is 28.6 Å². The molecule has 5 rings (SSSR count). The van der Waals surface area contributed by atoms with Crippen LogP contribution in [0.15, 0.2) is 47.4 Å². The highest BCUT2D eigenvalue weighted by molar-refractivity contribution is 7.89. The first-order valence-corrected chi connectivity index (χ1v) is 13.3. The third-order valence-electron chi connectivity index (χ3n) is 6.77. The number of aryl methyl sites for hydroxylation is 2. The van der Waals surface area contributed by atoms with Gasteiger partial charge in [-0.3, -0.25) is 4.79 Å². The van der Waals surface area contributed by atoms with Crippen LogP contribution in [0.4, 0.5) is 0 Å². The third kappa shape index (κ3) is 4.42. The van der Waals surface area contributed by atoms with Crippen LogP contribution in [0.5, 0.6) is 5.75 Å². The van der Waals surface area contributed by atoms with Gasteiger partial charge in [0.25, 0.3) is 0 Å². The van der Waals surface area contributed by atoms with Crippen LogP contribution in [0.3, 0.4) is 0 Å². The zero-order chi connectivity index (χ0) is 23.7. The number of hydrogen-bond donors (Lipinski definition) is 1. The number of aromatic nitrogens is 2. The van der Waals surface area contributed by atoms with Crippen molar-refractivity contribution >= 4 is 27.0 Å². The molecule has 3 heterocycles. The molecule has 1 unspecified atom stereocenters. The minimum Gasteiger partial charge on any atom is -0.493 e. The van der Waals surface area contributed by atoms with Gasteiger partial charge in [0.15, 0.2) is 0 Å². The number of nitrogens with one attached hydrogen (secondary N) is 1. The standard InChI is InChI=1S/C25H30N4O4S/c1-28-22-10-9-18(34(31,32)29-14-5-2-6-15-29)17-21(22)26-24(28)11-12-25(30)27-20-13-16-33-23-8-4-3-7-19(20)23/h3-4,7-10,17,20H,2,5-6,11-16H2,1H3,(H,27,30). The van der Waals surface area contributed by atoms with Gasteiger partial charge in [0.1, 0.15) is 11.6 Å². The average molecular weight is 483 g/mol. The summed E-state index contributed by atoms with van der Waals surface area (Å²) in [5.74, 6) is 1.54. The molecule has 1 fully saturated rings. The molecule has 0 bridgehead atoms. The molecule has 1 amide bonds. The first-order chi connectivity index (χ1) is 16.4. The Hall–Kier alpha value is -2.91. The van der Waals surface area contributed by atoms with E-state index in [1.165, 1.54) is 0 Å². The van der Waals surface area contributed by atoms with E-state index in [1.54, 1.807) is 16.4 Å². The lowest BCUT2D eigenvalue weighted by Gasteiger charge is -2.26. The number of nitrogens with zero attached hydrogens (tertiary/aromatic N) is 3. The zero-order valence-corrected chi connectivity index (χ0v) is 20.2. The van der Waals surface area contributed by atoms with Gasteiger partial charge >= 0.3 is 0 Å². The lowest BCUT2D eigenvalue weighted by Crippen LogP contribution is -2.35. The fraction of sp³-hybridized carbons (Fsp3) is 0.440. The number of benzene rings is 2. The Morgan fingerprint density at radius 2 is 1.94 bits per heavy atom. The van der Waals surface area contributed by atoms with Gasteiger partial charge in [-0.25, -0.2) is 13.4 Å². The molecule has 2 aliphatic heterocycles. The van der Waals surface area contributed by atoms with E-state index in [4.69, 9.17) is 4.74 Å². The second kappa shape index (κ2) is 9.38. The molecule has 0 radical (unpaired) electrons. The van der Waals surface area contributed by atoms with Gasteiger partial charge in [-0.2, -0.15) is 4.31 Å². The van der Waals surface area contributed by atoms with Gasteiger partial charge in [0, 0.05) is 45.0 Å². The molecule has 34 heavy (non-hydrogen) atoms. The fourth-order valence-electron chi connectivity index (χ4n) is 4.85. The van der Waals surface area contributed by atoms with E-state index in [0.29, 0.717) is 38.1 Å². The SMILES string of the molecule is Cn1c(CCC(=O)NC2CCOc3ccccc32)nc2cc(S(=O)(=O)N3CCCCC3)ccc21. The van der Waals surface area contributed by atoms with E-state index in [9.17, 15) is 13.2 Å². The highest BCUT2D eigenvalue weighted by atomic mass is 32.2. The van der Waals surface area contributed by atoms with Crippen LogP contribution < -0.4 is 10.1 Å². The second-order valence-electron chi connectivity index (χ2n) is 9.00. The van der Waals surface area contributed by atoms with Crippen LogP contribution in [0.1, 0.15) is 49.5 Å². The molecule has 8 nitrogen and oxygen atoms in total. The molecular weight excluding hydrogens is 452 g/mol. The summed E-state index contributed by atoms with van der Waals surface area (Å²) in [6, 6.07) is 12.9. The maximum Gasteiger partial charge on any atom is 0.243 e. The summed E-state index contributed by atoms with van der Waals surface area (Å²) in [5, 5.41) is 3.12. The van der Waals surface area contributed by atoms with Crippen molar-refractivity contribution in [2.45, 2.75) is 49.5 Å². The minimum atomic E-state index is -3.51. The second-order valence-corrected chi connectivity index (χ2v) is 10.9. The van der Waals surface area contributed by atoms with Crippen LogP contribution in [0.25, 0.3) is 11.0 Å². The van der Waals surface area contributed by atoms with Crippen molar-refractivity contribution < 1.29 is 17.9 Å².